The standard InChI is InChI=1S/C22H19FN4O4/c1-22(2,3)31-17(28)11-27-12-25-15-9-14(23)18(26-19(15)21(27)29)16-10-24-20(30-16)13-7-5-4-6-8-13/h4-10,12H,11H2,1-3H3. The van der Waals surface area contributed by atoms with E-state index >= 15 is 0 Å². The summed E-state index contributed by atoms with van der Waals surface area (Å²) in [6, 6.07) is 10.2. The fourth-order valence-electron chi connectivity index (χ4n) is 2.95. The molecule has 0 radical (unpaired) electrons. The number of rotatable bonds is 4. The van der Waals surface area contributed by atoms with Crippen molar-refractivity contribution >= 4 is 17.0 Å². The van der Waals surface area contributed by atoms with Crippen molar-refractivity contribution in [3.63, 3.8) is 0 Å². The minimum Gasteiger partial charge on any atom is -0.459 e. The van der Waals surface area contributed by atoms with Gasteiger partial charge in [-0.25, -0.2) is 19.3 Å². The van der Waals surface area contributed by atoms with Crippen LogP contribution in [0.15, 0.2) is 58.1 Å². The molecule has 0 aliphatic heterocycles. The SMILES string of the molecule is CC(C)(C)OC(=O)Cn1cnc2cc(F)c(-c3cnc(-c4ccccc4)o3)nc2c1=O. The molecular weight excluding hydrogens is 403 g/mol. The quantitative estimate of drug-likeness (QED) is 0.463. The van der Waals surface area contributed by atoms with Gasteiger partial charge in [0.1, 0.15) is 17.8 Å². The Morgan fingerprint density at radius 1 is 1.19 bits per heavy atom. The number of halogens is 1. The summed E-state index contributed by atoms with van der Waals surface area (Å²) in [5.41, 5.74) is -0.774. The van der Waals surface area contributed by atoms with E-state index in [0.29, 0.717) is 5.89 Å². The molecule has 0 aliphatic carbocycles. The molecule has 0 fully saturated rings. The maximum absolute atomic E-state index is 14.7. The summed E-state index contributed by atoms with van der Waals surface area (Å²) in [7, 11) is 0. The van der Waals surface area contributed by atoms with Crippen LogP contribution in [0.5, 0.6) is 0 Å². The monoisotopic (exact) mass is 422 g/mol. The number of nitrogens with zero attached hydrogens (tertiary/aromatic N) is 4. The third kappa shape index (κ3) is 4.35. The summed E-state index contributed by atoms with van der Waals surface area (Å²) in [5.74, 6) is -0.938. The molecule has 3 heterocycles. The van der Waals surface area contributed by atoms with Gasteiger partial charge in [-0.2, -0.15) is 0 Å². The van der Waals surface area contributed by atoms with Crippen molar-refractivity contribution < 1.29 is 18.3 Å². The molecule has 4 aromatic rings. The average molecular weight is 422 g/mol. The Bertz CT molecular complexity index is 1320. The summed E-state index contributed by atoms with van der Waals surface area (Å²) >= 11 is 0. The van der Waals surface area contributed by atoms with Gasteiger partial charge < -0.3 is 9.15 Å². The van der Waals surface area contributed by atoms with E-state index in [1.807, 2.05) is 18.2 Å². The van der Waals surface area contributed by atoms with Crippen molar-refractivity contribution in [3.8, 4) is 22.9 Å². The second kappa shape index (κ2) is 7.75. The predicted octanol–water partition coefficient (Wildman–Crippen LogP) is 3.59. The van der Waals surface area contributed by atoms with Gasteiger partial charge in [0.15, 0.2) is 17.1 Å². The van der Waals surface area contributed by atoms with Gasteiger partial charge in [-0.05, 0) is 32.9 Å². The highest BCUT2D eigenvalue weighted by Crippen LogP contribution is 2.27. The number of hydrogen-bond donors (Lipinski definition) is 0. The van der Waals surface area contributed by atoms with Crippen LogP contribution < -0.4 is 5.56 Å². The molecule has 0 saturated carbocycles. The molecule has 3 aromatic heterocycles. The smallest absolute Gasteiger partial charge is 0.326 e. The third-order valence-corrected chi connectivity index (χ3v) is 4.23. The lowest BCUT2D eigenvalue weighted by Gasteiger charge is -2.19. The van der Waals surface area contributed by atoms with Crippen molar-refractivity contribution in [2.45, 2.75) is 32.9 Å². The highest BCUT2D eigenvalue weighted by molar-refractivity contribution is 5.77. The number of ether oxygens (including phenoxy) is 1. The zero-order valence-corrected chi connectivity index (χ0v) is 17.1. The van der Waals surface area contributed by atoms with Crippen LogP contribution in [-0.2, 0) is 16.1 Å². The van der Waals surface area contributed by atoms with E-state index in [9.17, 15) is 14.0 Å². The Morgan fingerprint density at radius 2 is 1.94 bits per heavy atom. The van der Waals surface area contributed by atoms with Crippen molar-refractivity contribution in [1.29, 1.82) is 0 Å². The minimum atomic E-state index is -0.708. The van der Waals surface area contributed by atoms with Gasteiger partial charge in [0.05, 0.1) is 18.0 Å². The summed E-state index contributed by atoms with van der Waals surface area (Å²) in [6.45, 7) is 4.84. The Labute approximate surface area is 176 Å². The number of carbonyl (C=O) groups excluding carboxylic acids is 1. The molecule has 31 heavy (non-hydrogen) atoms. The summed E-state index contributed by atoms with van der Waals surface area (Å²) in [5, 5.41) is 0. The number of benzene rings is 1. The van der Waals surface area contributed by atoms with Crippen molar-refractivity contribution in [3.05, 3.63) is 65.1 Å². The van der Waals surface area contributed by atoms with E-state index in [-0.39, 0.29) is 29.0 Å². The molecular formula is C22H19FN4O4. The number of esters is 1. The van der Waals surface area contributed by atoms with Crippen LogP contribution in [0.25, 0.3) is 33.9 Å². The van der Waals surface area contributed by atoms with E-state index in [0.717, 1.165) is 22.5 Å². The molecule has 0 amide bonds. The fraction of sp³-hybridized carbons (Fsp3) is 0.227. The highest BCUT2D eigenvalue weighted by atomic mass is 19.1. The van der Waals surface area contributed by atoms with Gasteiger partial charge in [-0.3, -0.25) is 14.2 Å². The highest BCUT2D eigenvalue weighted by Gasteiger charge is 2.20. The van der Waals surface area contributed by atoms with E-state index in [1.54, 1.807) is 32.9 Å². The Balaban J connectivity index is 1.72. The summed E-state index contributed by atoms with van der Waals surface area (Å²) in [6.07, 6.45) is 2.51. The number of oxazole rings is 1. The zero-order chi connectivity index (χ0) is 22.2. The maximum Gasteiger partial charge on any atom is 0.326 e. The van der Waals surface area contributed by atoms with Gasteiger partial charge in [0.2, 0.25) is 5.89 Å². The van der Waals surface area contributed by atoms with E-state index in [4.69, 9.17) is 9.15 Å². The van der Waals surface area contributed by atoms with Crippen LogP contribution in [0.2, 0.25) is 0 Å². The number of aromatic nitrogens is 4. The predicted molar refractivity (Wildman–Crippen MR) is 111 cm³/mol. The lowest BCUT2D eigenvalue weighted by molar-refractivity contribution is -0.155. The number of fused-ring (bicyclic) bond motifs is 1. The molecule has 9 heteroatoms. The first-order chi connectivity index (χ1) is 14.7. The van der Waals surface area contributed by atoms with E-state index in [2.05, 4.69) is 15.0 Å². The molecule has 158 valence electrons. The Morgan fingerprint density at radius 3 is 2.65 bits per heavy atom. The van der Waals surface area contributed by atoms with Crippen LogP contribution in [0.1, 0.15) is 20.8 Å². The molecule has 0 N–H and O–H groups in total. The first-order valence-electron chi connectivity index (χ1n) is 9.50. The number of pyridine rings is 1. The van der Waals surface area contributed by atoms with Gasteiger partial charge in [-0.15, -0.1) is 0 Å². The van der Waals surface area contributed by atoms with Crippen molar-refractivity contribution in [1.82, 2.24) is 19.5 Å². The van der Waals surface area contributed by atoms with Gasteiger partial charge in [0, 0.05) is 11.6 Å². The second-order valence-corrected chi connectivity index (χ2v) is 7.85. The molecule has 0 unspecified atom stereocenters. The third-order valence-electron chi connectivity index (χ3n) is 4.23. The molecule has 8 nitrogen and oxygen atoms in total. The molecule has 4 rings (SSSR count). The molecule has 0 aliphatic rings. The number of carbonyl (C=O) groups is 1. The van der Waals surface area contributed by atoms with Crippen LogP contribution >= 0.6 is 0 Å². The lowest BCUT2D eigenvalue weighted by Crippen LogP contribution is -2.31. The second-order valence-electron chi connectivity index (χ2n) is 7.85. The summed E-state index contributed by atoms with van der Waals surface area (Å²) < 4.78 is 26.6. The molecule has 0 atom stereocenters. The Kier molecular flexibility index (Phi) is 5.10. The topological polar surface area (TPSA) is 100 Å². The summed E-state index contributed by atoms with van der Waals surface area (Å²) in [4.78, 5) is 37.3. The molecule has 0 bridgehead atoms. The van der Waals surface area contributed by atoms with Gasteiger partial charge in [0.25, 0.3) is 5.56 Å². The van der Waals surface area contributed by atoms with Gasteiger partial charge >= 0.3 is 5.97 Å². The van der Waals surface area contributed by atoms with E-state index < -0.39 is 22.9 Å². The van der Waals surface area contributed by atoms with Crippen molar-refractivity contribution in [2.75, 3.05) is 0 Å². The molecule has 0 spiro atoms. The van der Waals surface area contributed by atoms with Crippen LogP contribution in [0, 0.1) is 5.82 Å². The maximum atomic E-state index is 14.7. The minimum absolute atomic E-state index is 0.0643. The van der Waals surface area contributed by atoms with E-state index in [1.165, 1.54) is 6.20 Å². The molecule has 0 saturated heterocycles. The average Bonchev–Trinajstić information content (AvgIpc) is 3.19. The van der Waals surface area contributed by atoms with Crippen LogP contribution in [-0.4, -0.2) is 31.1 Å². The van der Waals surface area contributed by atoms with Crippen LogP contribution in [0.4, 0.5) is 4.39 Å². The van der Waals surface area contributed by atoms with Crippen molar-refractivity contribution in [2.24, 2.45) is 0 Å². The normalized spacial score (nSPS) is 11.6. The molecule has 1 aromatic carbocycles. The van der Waals surface area contributed by atoms with Crippen LogP contribution in [0.3, 0.4) is 0 Å². The Hall–Kier alpha value is -3.88. The zero-order valence-electron chi connectivity index (χ0n) is 17.1. The largest absolute Gasteiger partial charge is 0.459 e. The first-order valence-corrected chi connectivity index (χ1v) is 9.50. The fourth-order valence-corrected chi connectivity index (χ4v) is 2.95. The van der Waals surface area contributed by atoms with Gasteiger partial charge in [-0.1, -0.05) is 18.2 Å². The lowest BCUT2D eigenvalue weighted by atomic mass is 10.2. The first kappa shape index (κ1) is 20.4. The number of hydrogen-bond acceptors (Lipinski definition) is 7.